The number of aryl methyl sites for hydroxylation is 1. The van der Waals surface area contributed by atoms with Gasteiger partial charge in [-0.15, -0.1) is 11.3 Å². The van der Waals surface area contributed by atoms with Gasteiger partial charge in [-0.2, -0.15) is 5.10 Å². The van der Waals surface area contributed by atoms with Crippen LogP contribution in [0.3, 0.4) is 0 Å². The highest BCUT2D eigenvalue weighted by molar-refractivity contribution is 7.15. The Hall–Kier alpha value is -2.64. The van der Waals surface area contributed by atoms with Crippen LogP contribution in [-0.4, -0.2) is 37.9 Å². The molecule has 1 saturated carbocycles. The second-order valence-electron chi connectivity index (χ2n) is 8.13. The van der Waals surface area contributed by atoms with E-state index in [-0.39, 0.29) is 12.0 Å². The fraction of sp³-hybridized carbons (Fsp3) is 0.391. The molecule has 0 unspecified atom stereocenters. The average Bonchev–Trinajstić information content (AvgIpc) is 3.44. The third kappa shape index (κ3) is 3.63. The van der Waals surface area contributed by atoms with Crippen molar-refractivity contribution in [1.29, 1.82) is 0 Å². The van der Waals surface area contributed by atoms with Crippen LogP contribution >= 0.6 is 11.3 Å². The Morgan fingerprint density at radius 3 is 2.90 bits per heavy atom. The minimum Gasteiger partial charge on any atom is -0.487 e. The highest BCUT2D eigenvalue weighted by atomic mass is 32.1. The van der Waals surface area contributed by atoms with Gasteiger partial charge in [0.25, 0.3) is 5.91 Å². The van der Waals surface area contributed by atoms with Gasteiger partial charge < -0.3 is 14.7 Å². The van der Waals surface area contributed by atoms with Crippen LogP contribution in [0.5, 0.6) is 5.75 Å². The number of ether oxygens (including phenoxy) is 1. The molecule has 0 bridgehead atoms. The molecule has 1 aliphatic carbocycles. The molecule has 3 aromatic rings. The smallest absolute Gasteiger partial charge is 0.258 e. The Balaban J connectivity index is 1.32. The van der Waals surface area contributed by atoms with E-state index in [0.717, 1.165) is 46.6 Å². The summed E-state index contributed by atoms with van der Waals surface area (Å²) in [6.45, 7) is 1.16. The van der Waals surface area contributed by atoms with Gasteiger partial charge in [-0.1, -0.05) is 18.6 Å². The molecule has 1 aliphatic heterocycles. The number of rotatable bonds is 5. The Bertz CT molecular complexity index is 1070. The number of aromatic nitrogens is 2. The number of aliphatic hydroxyl groups excluding tert-OH is 1. The minimum absolute atomic E-state index is 0.00206. The number of aliphatic hydroxyl groups is 1. The van der Waals surface area contributed by atoms with Crippen molar-refractivity contribution in [3.63, 3.8) is 0 Å². The van der Waals surface area contributed by atoms with E-state index in [0.29, 0.717) is 24.4 Å². The van der Waals surface area contributed by atoms with E-state index in [9.17, 15) is 9.90 Å². The first kappa shape index (κ1) is 19.3. The summed E-state index contributed by atoms with van der Waals surface area (Å²) < 4.78 is 7.93. The van der Waals surface area contributed by atoms with Gasteiger partial charge in [0.1, 0.15) is 11.9 Å². The summed E-state index contributed by atoms with van der Waals surface area (Å²) in [6, 6.07) is 9.95. The van der Waals surface area contributed by atoms with Crippen LogP contribution in [0.1, 0.15) is 46.5 Å². The van der Waals surface area contributed by atoms with Gasteiger partial charge in [-0.25, -0.2) is 0 Å². The number of carbonyl (C=O) groups excluding carboxylic acids is 1. The minimum atomic E-state index is -0.459. The highest BCUT2D eigenvalue weighted by Crippen LogP contribution is 2.35. The molecule has 1 fully saturated rings. The van der Waals surface area contributed by atoms with Gasteiger partial charge in [0.2, 0.25) is 0 Å². The van der Waals surface area contributed by atoms with E-state index in [1.54, 1.807) is 16.0 Å². The molecule has 1 N–H and O–H groups in total. The van der Waals surface area contributed by atoms with Crippen molar-refractivity contribution < 1.29 is 14.6 Å². The molecule has 0 spiro atoms. The first-order valence-corrected chi connectivity index (χ1v) is 11.2. The first-order chi connectivity index (χ1) is 14.6. The van der Waals surface area contributed by atoms with Crippen LogP contribution in [0.15, 0.2) is 42.7 Å². The zero-order valence-electron chi connectivity index (χ0n) is 17.0. The van der Waals surface area contributed by atoms with Crippen molar-refractivity contribution in [3.8, 4) is 16.2 Å². The lowest BCUT2D eigenvalue weighted by Gasteiger charge is -2.28. The molecule has 2 aliphatic rings. The number of benzene rings is 1. The molecule has 6 nitrogen and oxygen atoms in total. The molecule has 2 atom stereocenters. The molecule has 7 heteroatoms. The summed E-state index contributed by atoms with van der Waals surface area (Å²) in [6.07, 6.45) is 6.83. The van der Waals surface area contributed by atoms with Crippen molar-refractivity contribution in [2.45, 2.75) is 51.0 Å². The third-order valence-corrected chi connectivity index (χ3v) is 7.04. The highest BCUT2D eigenvalue weighted by Gasteiger charge is 2.33. The maximum Gasteiger partial charge on any atom is 0.258 e. The Labute approximate surface area is 179 Å². The van der Waals surface area contributed by atoms with Crippen LogP contribution in [-0.2, 0) is 20.1 Å². The van der Waals surface area contributed by atoms with Crippen LogP contribution in [0.2, 0.25) is 0 Å². The van der Waals surface area contributed by atoms with Gasteiger partial charge in [0.05, 0.1) is 24.4 Å². The predicted octanol–water partition coefficient (Wildman–Crippen LogP) is 3.99. The predicted molar refractivity (Wildman–Crippen MR) is 115 cm³/mol. The number of fused-ring (bicyclic) bond motifs is 1. The molecule has 1 aromatic carbocycles. The fourth-order valence-electron chi connectivity index (χ4n) is 4.34. The van der Waals surface area contributed by atoms with Crippen molar-refractivity contribution in [1.82, 2.24) is 14.7 Å². The lowest BCUT2D eigenvalue weighted by Crippen LogP contribution is -2.35. The summed E-state index contributed by atoms with van der Waals surface area (Å²) in [7, 11) is 1.91. The molecule has 0 saturated heterocycles. The standard InChI is InChI=1S/C23H25N3O3S/c1-25-12-16(11-24-25)21-10-9-17(30-21)14-26-13-15-5-4-8-20(22(15)23(26)28)29-19-7-3-2-6-18(19)27/h4-5,8-12,18-19,27H,2-3,6-7,13-14H2,1H3/t18-,19-/m0/s1. The second-order valence-corrected chi connectivity index (χ2v) is 9.30. The topological polar surface area (TPSA) is 67.6 Å². The van der Waals surface area contributed by atoms with E-state index in [1.807, 2.05) is 42.5 Å². The molecular weight excluding hydrogens is 398 g/mol. The lowest BCUT2D eigenvalue weighted by molar-refractivity contribution is 0.00636. The van der Waals surface area contributed by atoms with Crippen molar-refractivity contribution in [3.05, 3.63) is 58.7 Å². The molecule has 3 heterocycles. The van der Waals surface area contributed by atoms with E-state index >= 15 is 0 Å². The molecule has 156 valence electrons. The number of carbonyl (C=O) groups is 1. The molecule has 5 rings (SSSR count). The maximum absolute atomic E-state index is 13.2. The normalized spacial score (nSPS) is 21.1. The number of hydrogen-bond acceptors (Lipinski definition) is 5. The summed E-state index contributed by atoms with van der Waals surface area (Å²) >= 11 is 1.69. The van der Waals surface area contributed by atoms with Crippen molar-refractivity contribution >= 4 is 17.2 Å². The number of thiophene rings is 1. The van der Waals surface area contributed by atoms with Gasteiger partial charge in [-0.3, -0.25) is 9.48 Å². The monoisotopic (exact) mass is 423 g/mol. The van der Waals surface area contributed by atoms with Crippen LogP contribution in [0.4, 0.5) is 0 Å². The fourth-order valence-corrected chi connectivity index (χ4v) is 5.34. The van der Waals surface area contributed by atoms with Crippen LogP contribution < -0.4 is 4.74 Å². The first-order valence-electron chi connectivity index (χ1n) is 10.4. The van der Waals surface area contributed by atoms with Gasteiger partial charge in [0, 0.05) is 35.1 Å². The van der Waals surface area contributed by atoms with E-state index in [1.165, 1.54) is 0 Å². The third-order valence-electron chi connectivity index (χ3n) is 5.92. The SMILES string of the molecule is Cn1cc(-c2ccc(CN3Cc4cccc(O[C@H]5CCCC[C@@H]5O)c4C3=O)s2)cn1. The van der Waals surface area contributed by atoms with E-state index in [2.05, 4.69) is 17.2 Å². The van der Waals surface area contributed by atoms with E-state index < -0.39 is 6.10 Å². The Morgan fingerprint density at radius 2 is 2.10 bits per heavy atom. The average molecular weight is 424 g/mol. The Morgan fingerprint density at radius 1 is 1.23 bits per heavy atom. The van der Waals surface area contributed by atoms with Gasteiger partial charge in [0.15, 0.2) is 0 Å². The number of amides is 1. The number of hydrogen-bond donors (Lipinski definition) is 1. The maximum atomic E-state index is 13.2. The zero-order chi connectivity index (χ0) is 20.7. The Kier molecular flexibility index (Phi) is 5.08. The second kappa shape index (κ2) is 7.89. The molecular formula is C23H25N3O3S. The largest absolute Gasteiger partial charge is 0.487 e. The van der Waals surface area contributed by atoms with Gasteiger partial charge in [-0.05, 0) is 43.0 Å². The number of nitrogens with zero attached hydrogens (tertiary/aromatic N) is 3. The summed E-state index contributed by atoms with van der Waals surface area (Å²) in [5.41, 5.74) is 2.73. The molecule has 1 amide bonds. The zero-order valence-corrected chi connectivity index (χ0v) is 17.8. The molecule has 0 radical (unpaired) electrons. The van der Waals surface area contributed by atoms with Crippen molar-refractivity contribution in [2.24, 2.45) is 7.05 Å². The summed E-state index contributed by atoms with van der Waals surface area (Å²) in [5, 5.41) is 14.5. The summed E-state index contributed by atoms with van der Waals surface area (Å²) in [4.78, 5) is 17.4. The quantitative estimate of drug-likeness (QED) is 0.674. The van der Waals surface area contributed by atoms with Gasteiger partial charge >= 0.3 is 0 Å². The summed E-state index contributed by atoms with van der Waals surface area (Å²) in [5.74, 6) is 0.607. The van der Waals surface area contributed by atoms with E-state index in [4.69, 9.17) is 4.74 Å². The van der Waals surface area contributed by atoms with Crippen molar-refractivity contribution in [2.75, 3.05) is 0 Å². The van der Waals surface area contributed by atoms with Crippen LogP contribution in [0.25, 0.3) is 10.4 Å². The molecule has 30 heavy (non-hydrogen) atoms. The van der Waals surface area contributed by atoms with Crippen LogP contribution in [0, 0.1) is 0 Å². The molecule has 2 aromatic heterocycles. The lowest BCUT2D eigenvalue weighted by atomic mass is 9.94.